The van der Waals surface area contributed by atoms with Crippen molar-refractivity contribution in [2.75, 3.05) is 7.05 Å². The first-order valence-electron chi connectivity index (χ1n) is 5.99. The second-order valence-corrected chi connectivity index (χ2v) is 4.20. The molecule has 0 aromatic heterocycles. The molecular formula is C15H16FeN2O-2. The number of hydroxylamine groups is 2. The molecular weight excluding hydrogens is 280 g/mol. The molecule has 3 nitrogen and oxygen atoms in total. The topological polar surface area (TPSA) is 36.3 Å². The summed E-state index contributed by atoms with van der Waals surface area (Å²) in [5, 5.41) is 10.5. The number of nitriles is 1. The van der Waals surface area contributed by atoms with Gasteiger partial charge in [0.2, 0.25) is 0 Å². The van der Waals surface area contributed by atoms with E-state index < -0.39 is 0 Å². The van der Waals surface area contributed by atoms with Crippen molar-refractivity contribution < 1.29 is 21.9 Å². The van der Waals surface area contributed by atoms with Crippen molar-refractivity contribution in [3.05, 3.63) is 60.2 Å². The minimum Gasteiger partial charge on any atom is -0.281 e. The van der Waals surface area contributed by atoms with Gasteiger partial charge in [-0.2, -0.15) is 40.7 Å². The molecule has 19 heavy (non-hydrogen) atoms. The molecule has 3 rings (SSSR count). The average Bonchev–Trinajstić information content (AvgIpc) is 3.12. The molecule has 4 heteroatoms. The summed E-state index contributed by atoms with van der Waals surface area (Å²) in [6, 6.07) is 20.5. The Morgan fingerprint density at radius 1 is 1.26 bits per heavy atom. The minimum absolute atomic E-state index is 0. The van der Waals surface area contributed by atoms with Gasteiger partial charge in [-0.15, -0.1) is 5.56 Å². The molecule has 0 N–H and O–H groups in total. The molecule has 0 amide bonds. The van der Waals surface area contributed by atoms with Crippen molar-refractivity contribution in [1.29, 1.82) is 5.26 Å². The van der Waals surface area contributed by atoms with E-state index in [4.69, 9.17) is 10.1 Å². The molecule has 0 saturated carbocycles. The molecule has 2 atom stereocenters. The van der Waals surface area contributed by atoms with Crippen molar-refractivity contribution in [2.45, 2.75) is 18.6 Å². The first-order chi connectivity index (χ1) is 8.81. The molecule has 1 aliphatic heterocycles. The Balaban J connectivity index is 0.000000256. The predicted molar refractivity (Wildman–Crippen MR) is 69.7 cm³/mol. The van der Waals surface area contributed by atoms with Crippen LogP contribution in [0.3, 0.4) is 0 Å². The molecule has 2 unspecified atom stereocenters. The smallest absolute Gasteiger partial charge is 0.166 e. The SMILES string of the molecule is CN1OC(C#N)CC1[c-]1cccc1.[Fe].c1cc[cH-]c1. The van der Waals surface area contributed by atoms with Crippen LogP contribution in [-0.2, 0) is 21.9 Å². The van der Waals surface area contributed by atoms with Crippen LogP contribution in [0.5, 0.6) is 0 Å². The summed E-state index contributed by atoms with van der Waals surface area (Å²) in [5.74, 6) is 0. The van der Waals surface area contributed by atoms with Crippen molar-refractivity contribution in [3.8, 4) is 6.07 Å². The standard InChI is InChI=1S/C10H11N2O.C5H5.Fe/c1-12-10(6-9(7-11)13-12)8-4-2-3-5-8;1-2-4-5-3-1;/h2-5,9-10H,6H2,1H3;1-5H;/q2*-1;. The third kappa shape index (κ3) is 4.34. The molecule has 0 spiro atoms. The van der Waals surface area contributed by atoms with E-state index in [0.29, 0.717) is 0 Å². The monoisotopic (exact) mass is 296 g/mol. The maximum Gasteiger partial charge on any atom is 0.166 e. The predicted octanol–water partition coefficient (Wildman–Crippen LogP) is 3.01. The van der Waals surface area contributed by atoms with E-state index in [1.54, 1.807) is 5.06 Å². The number of nitrogens with zero attached hydrogens (tertiary/aromatic N) is 2. The Labute approximate surface area is 124 Å². The molecule has 1 fully saturated rings. The van der Waals surface area contributed by atoms with Crippen LogP contribution < -0.4 is 0 Å². The summed E-state index contributed by atoms with van der Waals surface area (Å²) >= 11 is 0. The zero-order chi connectivity index (χ0) is 12.8. The zero-order valence-corrected chi connectivity index (χ0v) is 11.8. The Hall–Kier alpha value is -1.37. The van der Waals surface area contributed by atoms with Crippen LogP contribution in [0.2, 0.25) is 0 Å². The molecule has 1 heterocycles. The van der Waals surface area contributed by atoms with Crippen molar-refractivity contribution in [1.82, 2.24) is 5.06 Å². The molecule has 0 bridgehead atoms. The fourth-order valence-electron chi connectivity index (χ4n) is 2.02. The summed E-state index contributed by atoms with van der Waals surface area (Å²) in [6.45, 7) is 0. The Morgan fingerprint density at radius 2 is 1.89 bits per heavy atom. The fourth-order valence-corrected chi connectivity index (χ4v) is 2.02. The number of hydrogen-bond donors (Lipinski definition) is 0. The first kappa shape index (κ1) is 15.7. The van der Waals surface area contributed by atoms with Crippen molar-refractivity contribution in [3.63, 3.8) is 0 Å². The van der Waals surface area contributed by atoms with Crippen LogP contribution in [-0.4, -0.2) is 18.2 Å². The molecule has 1 saturated heterocycles. The van der Waals surface area contributed by atoms with Gasteiger partial charge in [0.15, 0.2) is 6.10 Å². The summed E-state index contributed by atoms with van der Waals surface area (Å²) in [6.07, 6.45) is 0.474. The van der Waals surface area contributed by atoms with Gasteiger partial charge in [0, 0.05) is 36.6 Å². The Morgan fingerprint density at radius 3 is 2.32 bits per heavy atom. The zero-order valence-electron chi connectivity index (χ0n) is 10.7. The van der Waals surface area contributed by atoms with Gasteiger partial charge < -0.3 is 0 Å². The molecule has 0 radical (unpaired) electrons. The van der Waals surface area contributed by atoms with E-state index in [1.807, 2.05) is 49.5 Å². The van der Waals surface area contributed by atoms with Crippen LogP contribution in [0.25, 0.3) is 0 Å². The van der Waals surface area contributed by atoms with Gasteiger partial charge in [0.1, 0.15) is 0 Å². The van der Waals surface area contributed by atoms with Gasteiger partial charge >= 0.3 is 0 Å². The molecule has 2 aromatic rings. The van der Waals surface area contributed by atoms with Gasteiger partial charge in [0.05, 0.1) is 6.07 Å². The minimum atomic E-state index is -0.287. The van der Waals surface area contributed by atoms with E-state index >= 15 is 0 Å². The van der Waals surface area contributed by atoms with Crippen LogP contribution in [0.15, 0.2) is 54.6 Å². The number of rotatable bonds is 1. The Bertz CT molecular complexity index is 456. The van der Waals surface area contributed by atoms with E-state index in [2.05, 4.69) is 18.2 Å². The summed E-state index contributed by atoms with van der Waals surface area (Å²) in [5.41, 5.74) is 1.22. The quantitative estimate of drug-likeness (QED) is 0.599. The second kappa shape index (κ2) is 7.93. The summed E-state index contributed by atoms with van der Waals surface area (Å²) in [7, 11) is 1.87. The van der Waals surface area contributed by atoms with Crippen LogP contribution >= 0.6 is 0 Å². The molecule has 1 aliphatic rings. The van der Waals surface area contributed by atoms with Crippen LogP contribution in [0.1, 0.15) is 18.0 Å². The van der Waals surface area contributed by atoms with Crippen molar-refractivity contribution in [2.24, 2.45) is 0 Å². The van der Waals surface area contributed by atoms with E-state index in [0.717, 1.165) is 6.42 Å². The Kier molecular flexibility index (Phi) is 6.55. The average molecular weight is 296 g/mol. The molecule has 2 aromatic carbocycles. The largest absolute Gasteiger partial charge is 0.281 e. The molecule has 102 valence electrons. The normalized spacial score (nSPS) is 21.9. The van der Waals surface area contributed by atoms with E-state index in [-0.39, 0.29) is 29.2 Å². The van der Waals surface area contributed by atoms with E-state index in [9.17, 15) is 0 Å². The third-order valence-electron chi connectivity index (χ3n) is 2.94. The van der Waals surface area contributed by atoms with Gasteiger partial charge in [-0.3, -0.25) is 4.84 Å². The van der Waals surface area contributed by atoms with Crippen molar-refractivity contribution >= 4 is 0 Å². The maximum atomic E-state index is 8.70. The molecule has 0 aliphatic carbocycles. The second-order valence-electron chi connectivity index (χ2n) is 4.20. The van der Waals surface area contributed by atoms with Gasteiger partial charge in [-0.1, -0.05) is 0 Å². The van der Waals surface area contributed by atoms with Crippen LogP contribution in [0, 0.1) is 11.3 Å². The van der Waals surface area contributed by atoms with Gasteiger partial charge in [-0.05, 0) is 0 Å². The third-order valence-corrected chi connectivity index (χ3v) is 2.94. The summed E-state index contributed by atoms with van der Waals surface area (Å²) in [4.78, 5) is 5.32. The fraction of sp³-hybridized carbons (Fsp3) is 0.267. The van der Waals surface area contributed by atoms with Gasteiger partial charge in [-0.25, -0.2) is 24.3 Å². The number of hydrogen-bond acceptors (Lipinski definition) is 3. The van der Waals surface area contributed by atoms with E-state index in [1.165, 1.54) is 5.56 Å². The maximum absolute atomic E-state index is 8.70. The first-order valence-corrected chi connectivity index (χ1v) is 5.99. The summed E-state index contributed by atoms with van der Waals surface area (Å²) < 4.78 is 0. The van der Waals surface area contributed by atoms with Gasteiger partial charge in [0.25, 0.3) is 0 Å². The van der Waals surface area contributed by atoms with Crippen LogP contribution in [0.4, 0.5) is 0 Å².